The Balaban J connectivity index is 1.75. The molecule has 1 aliphatic rings. The van der Waals surface area contributed by atoms with Gasteiger partial charge in [-0.3, -0.25) is 9.69 Å². The molecule has 0 bridgehead atoms. The van der Waals surface area contributed by atoms with Gasteiger partial charge in [0.2, 0.25) is 0 Å². The highest BCUT2D eigenvalue weighted by atomic mass is 19.1. The molecule has 29 heavy (non-hydrogen) atoms. The molecule has 3 amide bonds. The maximum Gasteiger partial charge on any atom is 0.336 e. The normalized spacial score (nSPS) is 19.1. The van der Waals surface area contributed by atoms with E-state index < -0.39 is 28.9 Å². The zero-order valence-electron chi connectivity index (χ0n) is 16.0. The third-order valence-corrected chi connectivity index (χ3v) is 5.36. The second kappa shape index (κ2) is 6.84. The van der Waals surface area contributed by atoms with E-state index in [1.54, 1.807) is 19.1 Å². The molecule has 0 radical (unpaired) electrons. The monoisotopic (exact) mass is 394 g/mol. The zero-order valence-corrected chi connectivity index (χ0v) is 16.0. The lowest BCUT2D eigenvalue weighted by Gasteiger charge is -2.25. The number of amides is 3. The van der Waals surface area contributed by atoms with E-state index in [9.17, 15) is 18.8 Å². The fourth-order valence-corrected chi connectivity index (χ4v) is 3.78. The molecular weight excluding hydrogens is 375 g/mol. The summed E-state index contributed by atoms with van der Waals surface area (Å²) in [7, 11) is 0. The van der Waals surface area contributed by atoms with E-state index >= 15 is 0 Å². The number of hydrogen-bond acceptors (Lipinski definition) is 4. The number of benzene rings is 2. The van der Waals surface area contributed by atoms with Crippen LogP contribution in [0, 0.1) is 12.7 Å². The summed E-state index contributed by atoms with van der Waals surface area (Å²) in [5.74, 6) is -0.864. The van der Waals surface area contributed by atoms with Crippen LogP contribution < -0.4 is 10.9 Å². The molecule has 3 aromatic rings. The molecule has 1 atom stereocenters. The first-order chi connectivity index (χ1) is 13.8. The van der Waals surface area contributed by atoms with Gasteiger partial charge in [0.15, 0.2) is 0 Å². The summed E-state index contributed by atoms with van der Waals surface area (Å²) in [6, 6.07) is 11.6. The van der Waals surface area contributed by atoms with Crippen LogP contribution in [-0.4, -0.2) is 16.8 Å². The van der Waals surface area contributed by atoms with Gasteiger partial charge in [0.25, 0.3) is 5.91 Å². The van der Waals surface area contributed by atoms with E-state index in [1.807, 2.05) is 13.0 Å². The minimum Gasteiger partial charge on any atom is -0.423 e. The van der Waals surface area contributed by atoms with Crippen molar-refractivity contribution in [2.45, 2.75) is 32.4 Å². The molecule has 2 aromatic carbocycles. The average Bonchev–Trinajstić information content (AvgIpc) is 2.93. The predicted molar refractivity (Wildman–Crippen MR) is 105 cm³/mol. The highest BCUT2D eigenvalue weighted by molar-refractivity contribution is 6.07. The molecule has 1 aromatic heterocycles. The topological polar surface area (TPSA) is 79.6 Å². The number of nitrogens with one attached hydrogen (secondary N) is 1. The van der Waals surface area contributed by atoms with Crippen LogP contribution in [0.2, 0.25) is 0 Å². The fraction of sp³-hybridized carbons (Fsp3) is 0.227. The summed E-state index contributed by atoms with van der Waals surface area (Å²) in [6.07, 6.45) is 0.302. The number of urea groups is 1. The highest BCUT2D eigenvalue weighted by Crippen LogP contribution is 2.34. The van der Waals surface area contributed by atoms with Gasteiger partial charge in [-0.2, -0.15) is 0 Å². The number of fused-ring (bicyclic) bond motifs is 1. The van der Waals surface area contributed by atoms with Crippen molar-refractivity contribution in [3.8, 4) is 0 Å². The number of carbonyl (C=O) groups is 2. The molecule has 1 unspecified atom stereocenters. The van der Waals surface area contributed by atoms with Crippen LogP contribution in [0.5, 0.6) is 0 Å². The number of imide groups is 1. The van der Waals surface area contributed by atoms with Crippen LogP contribution in [0.15, 0.2) is 57.7 Å². The number of halogens is 1. The minimum atomic E-state index is -1.27. The Bertz CT molecular complexity index is 1190. The van der Waals surface area contributed by atoms with Gasteiger partial charge in [0, 0.05) is 11.5 Å². The second-order valence-electron chi connectivity index (χ2n) is 7.18. The Kier molecular flexibility index (Phi) is 4.45. The molecule has 0 saturated carbocycles. The van der Waals surface area contributed by atoms with Crippen molar-refractivity contribution in [2.24, 2.45) is 0 Å². The molecule has 1 aliphatic heterocycles. The number of nitrogens with zero attached hydrogens (tertiary/aromatic N) is 1. The zero-order chi connectivity index (χ0) is 20.8. The van der Waals surface area contributed by atoms with Gasteiger partial charge in [-0.25, -0.2) is 14.0 Å². The Hall–Kier alpha value is -3.48. The van der Waals surface area contributed by atoms with Crippen molar-refractivity contribution in [2.75, 3.05) is 0 Å². The number of carbonyl (C=O) groups excluding carboxylic acids is 2. The third-order valence-electron chi connectivity index (χ3n) is 5.36. The Morgan fingerprint density at radius 1 is 1.07 bits per heavy atom. The quantitative estimate of drug-likeness (QED) is 0.542. The first-order valence-electron chi connectivity index (χ1n) is 9.27. The summed E-state index contributed by atoms with van der Waals surface area (Å²) >= 11 is 0. The van der Waals surface area contributed by atoms with Crippen LogP contribution in [0.3, 0.4) is 0 Å². The van der Waals surface area contributed by atoms with Crippen molar-refractivity contribution >= 4 is 22.9 Å². The average molecular weight is 394 g/mol. The molecule has 1 N–H and O–H groups in total. The van der Waals surface area contributed by atoms with Gasteiger partial charge >= 0.3 is 11.7 Å². The van der Waals surface area contributed by atoms with E-state index in [1.165, 1.54) is 30.3 Å². The first-order valence-corrected chi connectivity index (χ1v) is 9.27. The second-order valence-corrected chi connectivity index (χ2v) is 7.18. The molecule has 6 nitrogen and oxygen atoms in total. The molecule has 1 saturated heterocycles. The number of hydrogen-bond donors (Lipinski definition) is 1. The third kappa shape index (κ3) is 3.08. The summed E-state index contributed by atoms with van der Waals surface area (Å²) in [6.45, 7) is 3.58. The largest absolute Gasteiger partial charge is 0.423 e. The highest BCUT2D eigenvalue weighted by Gasteiger charge is 2.51. The van der Waals surface area contributed by atoms with E-state index in [-0.39, 0.29) is 6.54 Å². The maximum atomic E-state index is 13.3. The molecule has 7 heteroatoms. The summed E-state index contributed by atoms with van der Waals surface area (Å²) < 4.78 is 18.6. The Morgan fingerprint density at radius 2 is 1.79 bits per heavy atom. The van der Waals surface area contributed by atoms with Crippen molar-refractivity contribution in [1.29, 1.82) is 0 Å². The first kappa shape index (κ1) is 18.9. The van der Waals surface area contributed by atoms with E-state index in [2.05, 4.69) is 5.32 Å². The van der Waals surface area contributed by atoms with Crippen LogP contribution >= 0.6 is 0 Å². The molecule has 2 heterocycles. The number of aryl methyl sites for hydroxylation is 1. The fourth-order valence-electron chi connectivity index (χ4n) is 3.78. The molecular formula is C22H19FN2O4. The van der Waals surface area contributed by atoms with Gasteiger partial charge in [-0.15, -0.1) is 0 Å². The lowest BCUT2D eigenvalue weighted by molar-refractivity contribution is -0.132. The summed E-state index contributed by atoms with van der Waals surface area (Å²) in [5.41, 5.74) is 0.539. The summed E-state index contributed by atoms with van der Waals surface area (Å²) in [4.78, 5) is 39.0. The summed E-state index contributed by atoms with van der Waals surface area (Å²) in [5, 5.41) is 3.42. The molecule has 4 rings (SSSR count). The maximum absolute atomic E-state index is 13.3. The van der Waals surface area contributed by atoms with Gasteiger partial charge in [-0.1, -0.05) is 31.2 Å². The predicted octanol–water partition coefficient (Wildman–Crippen LogP) is 3.60. The van der Waals surface area contributed by atoms with Crippen molar-refractivity contribution in [1.82, 2.24) is 10.2 Å². The van der Waals surface area contributed by atoms with Gasteiger partial charge in [0.05, 0.1) is 6.54 Å². The van der Waals surface area contributed by atoms with E-state index in [4.69, 9.17) is 4.42 Å². The molecule has 0 aliphatic carbocycles. The van der Waals surface area contributed by atoms with Crippen molar-refractivity contribution in [3.63, 3.8) is 0 Å². The molecule has 148 valence electrons. The molecule has 1 fully saturated rings. The van der Waals surface area contributed by atoms with E-state index in [0.29, 0.717) is 28.5 Å². The van der Waals surface area contributed by atoms with Crippen molar-refractivity contribution < 1.29 is 18.4 Å². The van der Waals surface area contributed by atoms with Crippen LogP contribution in [0.1, 0.15) is 30.0 Å². The minimum absolute atomic E-state index is 0.0707. The van der Waals surface area contributed by atoms with Crippen LogP contribution in [-0.2, 0) is 16.9 Å². The SMILES string of the molecule is CCC1(c2ccc(F)cc2)NC(=O)N(Cc2cc(=O)oc3cc(C)ccc23)C1=O. The lowest BCUT2D eigenvalue weighted by atomic mass is 9.87. The smallest absolute Gasteiger partial charge is 0.336 e. The Morgan fingerprint density at radius 3 is 2.48 bits per heavy atom. The van der Waals surface area contributed by atoms with Gasteiger partial charge in [0.1, 0.15) is 16.9 Å². The van der Waals surface area contributed by atoms with E-state index in [0.717, 1.165) is 10.5 Å². The standard InChI is InChI=1S/C22H19FN2O4/c1-3-22(15-5-7-16(23)8-6-15)20(27)25(21(28)24-22)12-14-11-19(26)29-18-10-13(2)4-9-17(14)18/h4-11H,3,12H2,1-2H3,(H,24,28). The van der Waals surface area contributed by atoms with Crippen molar-refractivity contribution in [3.05, 3.63) is 81.5 Å². The number of rotatable bonds is 4. The van der Waals surface area contributed by atoms with Gasteiger partial charge < -0.3 is 9.73 Å². The van der Waals surface area contributed by atoms with Gasteiger partial charge in [-0.05, 0) is 48.2 Å². The Labute approximate surface area is 165 Å². The lowest BCUT2D eigenvalue weighted by Crippen LogP contribution is -2.43. The van der Waals surface area contributed by atoms with Crippen LogP contribution in [0.25, 0.3) is 11.0 Å². The van der Waals surface area contributed by atoms with Crippen LogP contribution in [0.4, 0.5) is 9.18 Å². The molecule has 0 spiro atoms.